The van der Waals surface area contributed by atoms with Crippen LogP contribution in [0.25, 0.3) is 33.4 Å². The SMILES string of the molecule is c1ccc(N(c2ccccc2)c2ccc(-c3ccc(N(c4ccccc4)c4ccc5c(c4)-c4ccccc4Oc4ccccc4-5)cc3)cc2)cc1. The van der Waals surface area contributed by atoms with Gasteiger partial charge in [0.15, 0.2) is 0 Å². The third-order valence-corrected chi connectivity index (χ3v) is 9.46. The van der Waals surface area contributed by atoms with E-state index in [-0.39, 0.29) is 0 Å². The molecule has 0 atom stereocenters. The maximum absolute atomic E-state index is 6.46. The molecule has 0 bridgehead atoms. The molecule has 3 nitrogen and oxygen atoms in total. The molecule has 51 heavy (non-hydrogen) atoms. The highest BCUT2D eigenvalue weighted by atomic mass is 16.5. The summed E-state index contributed by atoms with van der Waals surface area (Å²) in [6, 6.07) is 72.6. The summed E-state index contributed by atoms with van der Waals surface area (Å²) >= 11 is 0. The van der Waals surface area contributed by atoms with E-state index in [0.717, 1.165) is 79.0 Å². The third-order valence-electron chi connectivity index (χ3n) is 9.46. The van der Waals surface area contributed by atoms with E-state index in [1.807, 2.05) is 18.2 Å². The van der Waals surface area contributed by atoms with Gasteiger partial charge in [0.25, 0.3) is 0 Å². The molecular weight excluding hydrogens is 621 g/mol. The van der Waals surface area contributed by atoms with E-state index in [0.29, 0.717) is 0 Å². The van der Waals surface area contributed by atoms with Gasteiger partial charge < -0.3 is 14.5 Å². The Labute approximate surface area is 298 Å². The number of hydrogen-bond acceptors (Lipinski definition) is 3. The van der Waals surface area contributed by atoms with Gasteiger partial charge >= 0.3 is 0 Å². The van der Waals surface area contributed by atoms with Crippen LogP contribution < -0.4 is 14.5 Å². The number of rotatable bonds is 7. The lowest BCUT2D eigenvalue weighted by molar-refractivity contribution is 0.488. The van der Waals surface area contributed by atoms with Crippen LogP contribution in [0.2, 0.25) is 0 Å². The van der Waals surface area contributed by atoms with Crippen molar-refractivity contribution in [2.75, 3.05) is 9.80 Å². The van der Waals surface area contributed by atoms with Crippen LogP contribution in [0.3, 0.4) is 0 Å². The van der Waals surface area contributed by atoms with Crippen LogP contribution in [0, 0.1) is 0 Å². The number of fused-ring (bicyclic) bond motifs is 5. The molecule has 0 radical (unpaired) electrons. The minimum absolute atomic E-state index is 0.859. The van der Waals surface area contributed by atoms with Crippen LogP contribution >= 0.6 is 0 Å². The van der Waals surface area contributed by atoms with Gasteiger partial charge in [0, 0.05) is 45.3 Å². The molecule has 0 unspecified atom stereocenters. The third kappa shape index (κ3) is 5.81. The highest BCUT2D eigenvalue weighted by molar-refractivity contribution is 5.94. The standard InChI is InChI=1S/C48H34N2O/c1-4-14-37(15-5-1)49(38-16-6-2-7-17-38)40-28-24-35(25-29-40)36-26-30-41(31-27-36)50(39-18-8-3-9-19-39)42-32-33-43-44-20-10-12-22-47(44)51-48-23-13-11-21-45(48)46(43)34-42/h1-34H. The molecule has 0 saturated carbocycles. The van der Waals surface area contributed by atoms with Crippen LogP contribution in [-0.4, -0.2) is 0 Å². The molecule has 0 spiro atoms. The van der Waals surface area contributed by atoms with Crippen molar-refractivity contribution in [3.05, 3.63) is 206 Å². The number of anilines is 6. The van der Waals surface area contributed by atoms with Crippen LogP contribution in [0.4, 0.5) is 34.1 Å². The molecule has 1 aliphatic heterocycles. The first-order valence-electron chi connectivity index (χ1n) is 17.3. The fourth-order valence-corrected chi connectivity index (χ4v) is 7.04. The molecule has 8 aromatic carbocycles. The Morgan fingerprint density at radius 1 is 0.255 bits per heavy atom. The zero-order valence-corrected chi connectivity index (χ0v) is 27.9. The monoisotopic (exact) mass is 654 g/mol. The average molecular weight is 655 g/mol. The van der Waals surface area contributed by atoms with Gasteiger partial charge in [-0.3, -0.25) is 0 Å². The predicted octanol–water partition coefficient (Wildman–Crippen LogP) is 13.7. The Morgan fingerprint density at radius 3 is 1.08 bits per heavy atom. The van der Waals surface area contributed by atoms with E-state index in [2.05, 4.69) is 198 Å². The van der Waals surface area contributed by atoms with Gasteiger partial charge in [0.2, 0.25) is 0 Å². The zero-order valence-electron chi connectivity index (χ0n) is 27.9. The summed E-state index contributed by atoms with van der Waals surface area (Å²) < 4.78 is 6.46. The van der Waals surface area contributed by atoms with Crippen molar-refractivity contribution in [1.82, 2.24) is 0 Å². The Balaban J connectivity index is 1.08. The van der Waals surface area contributed by atoms with Crippen molar-refractivity contribution in [1.29, 1.82) is 0 Å². The summed E-state index contributed by atoms with van der Waals surface area (Å²) in [6.45, 7) is 0. The van der Waals surface area contributed by atoms with E-state index < -0.39 is 0 Å². The molecule has 242 valence electrons. The van der Waals surface area contributed by atoms with Crippen molar-refractivity contribution in [3.63, 3.8) is 0 Å². The van der Waals surface area contributed by atoms with Crippen molar-refractivity contribution in [2.24, 2.45) is 0 Å². The maximum atomic E-state index is 6.46. The van der Waals surface area contributed by atoms with Crippen LogP contribution in [0.5, 0.6) is 11.5 Å². The molecule has 8 aromatic rings. The summed E-state index contributed by atoms with van der Waals surface area (Å²) in [5.41, 5.74) is 13.4. The van der Waals surface area contributed by atoms with Crippen molar-refractivity contribution >= 4 is 34.1 Å². The summed E-state index contributed by atoms with van der Waals surface area (Å²) in [5.74, 6) is 1.73. The predicted molar refractivity (Wildman–Crippen MR) is 212 cm³/mol. The Kier molecular flexibility index (Phi) is 7.84. The van der Waals surface area contributed by atoms with Crippen molar-refractivity contribution in [3.8, 4) is 44.9 Å². The summed E-state index contributed by atoms with van der Waals surface area (Å²) in [6.07, 6.45) is 0. The van der Waals surface area contributed by atoms with E-state index in [9.17, 15) is 0 Å². The second-order valence-corrected chi connectivity index (χ2v) is 12.6. The van der Waals surface area contributed by atoms with Gasteiger partial charge in [-0.05, 0) is 107 Å². The molecular formula is C48H34N2O. The Bertz CT molecular complexity index is 2380. The highest BCUT2D eigenvalue weighted by Gasteiger charge is 2.22. The zero-order chi connectivity index (χ0) is 34.0. The molecule has 0 saturated heterocycles. The number of ether oxygens (including phenoxy) is 1. The molecule has 1 heterocycles. The first kappa shape index (κ1) is 30.2. The second kappa shape index (κ2) is 13.2. The van der Waals surface area contributed by atoms with E-state index in [1.54, 1.807) is 0 Å². The summed E-state index contributed by atoms with van der Waals surface area (Å²) in [7, 11) is 0. The minimum Gasteiger partial charge on any atom is -0.456 e. The summed E-state index contributed by atoms with van der Waals surface area (Å²) in [4.78, 5) is 4.61. The summed E-state index contributed by atoms with van der Waals surface area (Å²) in [5, 5.41) is 0. The molecule has 0 amide bonds. The Morgan fingerprint density at radius 2 is 0.608 bits per heavy atom. The van der Waals surface area contributed by atoms with Gasteiger partial charge in [-0.1, -0.05) is 121 Å². The van der Waals surface area contributed by atoms with Gasteiger partial charge in [0.05, 0.1) is 0 Å². The van der Waals surface area contributed by atoms with Crippen LogP contribution in [0.1, 0.15) is 0 Å². The number of para-hydroxylation sites is 5. The van der Waals surface area contributed by atoms with Crippen molar-refractivity contribution < 1.29 is 4.74 Å². The lowest BCUT2D eigenvalue weighted by atomic mass is 9.93. The molecule has 0 N–H and O–H groups in total. The van der Waals surface area contributed by atoms with Gasteiger partial charge in [-0.15, -0.1) is 0 Å². The molecule has 0 aliphatic carbocycles. The lowest BCUT2D eigenvalue weighted by Gasteiger charge is -2.27. The molecule has 0 aromatic heterocycles. The molecule has 1 aliphatic rings. The first-order chi connectivity index (χ1) is 25.3. The highest BCUT2D eigenvalue weighted by Crippen LogP contribution is 2.49. The van der Waals surface area contributed by atoms with Crippen molar-refractivity contribution in [2.45, 2.75) is 0 Å². The molecule has 9 rings (SSSR count). The fourth-order valence-electron chi connectivity index (χ4n) is 7.04. The molecule has 3 heteroatoms. The van der Waals surface area contributed by atoms with Gasteiger partial charge in [0.1, 0.15) is 11.5 Å². The maximum Gasteiger partial charge on any atom is 0.135 e. The largest absolute Gasteiger partial charge is 0.456 e. The Hall–Kier alpha value is -6.84. The first-order valence-corrected chi connectivity index (χ1v) is 17.3. The van der Waals surface area contributed by atoms with E-state index in [1.165, 1.54) is 0 Å². The number of hydrogen-bond donors (Lipinski definition) is 0. The molecule has 0 fully saturated rings. The van der Waals surface area contributed by atoms with Crippen LogP contribution in [-0.2, 0) is 0 Å². The second-order valence-electron chi connectivity index (χ2n) is 12.6. The van der Waals surface area contributed by atoms with E-state index >= 15 is 0 Å². The van der Waals surface area contributed by atoms with Gasteiger partial charge in [-0.2, -0.15) is 0 Å². The van der Waals surface area contributed by atoms with E-state index in [4.69, 9.17) is 4.74 Å². The number of nitrogens with zero attached hydrogens (tertiary/aromatic N) is 2. The fraction of sp³-hybridized carbons (Fsp3) is 0. The smallest absolute Gasteiger partial charge is 0.135 e. The minimum atomic E-state index is 0.859. The topological polar surface area (TPSA) is 15.7 Å². The lowest BCUT2D eigenvalue weighted by Crippen LogP contribution is -2.10. The van der Waals surface area contributed by atoms with Gasteiger partial charge in [-0.25, -0.2) is 0 Å². The average Bonchev–Trinajstić information content (AvgIpc) is 3.34. The van der Waals surface area contributed by atoms with Crippen LogP contribution in [0.15, 0.2) is 206 Å². The quantitative estimate of drug-likeness (QED) is 0.170. The number of benzene rings is 8. The normalized spacial score (nSPS) is 11.3.